The van der Waals surface area contributed by atoms with E-state index in [1.807, 2.05) is 0 Å². The lowest BCUT2D eigenvalue weighted by atomic mass is 10.0. The summed E-state index contributed by atoms with van der Waals surface area (Å²) in [5.41, 5.74) is 0.914. The third kappa shape index (κ3) is 3.85. The van der Waals surface area contributed by atoms with Crippen molar-refractivity contribution in [2.75, 3.05) is 11.9 Å². The molecular formula is C18H18N4O4. The first-order chi connectivity index (χ1) is 12.6. The molecule has 0 radical (unpaired) electrons. The molecule has 2 aromatic rings. The van der Waals surface area contributed by atoms with Gasteiger partial charge in [0.1, 0.15) is 11.7 Å². The van der Waals surface area contributed by atoms with Crippen molar-refractivity contribution < 1.29 is 19.5 Å². The molecule has 0 spiro atoms. The van der Waals surface area contributed by atoms with Gasteiger partial charge in [0.15, 0.2) is 0 Å². The van der Waals surface area contributed by atoms with Crippen LogP contribution in [-0.4, -0.2) is 50.3 Å². The summed E-state index contributed by atoms with van der Waals surface area (Å²) >= 11 is 0. The number of anilines is 1. The second-order valence-corrected chi connectivity index (χ2v) is 5.97. The van der Waals surface area contributed by atoms with Gasteiger partial charge in [0.05, 0.1) is 6.20 Å². The smallest absolute Gasteiger partial charge is 0.326 e. The van der Waals surface area contributed by atoms with E-state index in [0.717, 1.165) is 12.8 Å². The maximum absolute atomic E-state index is 12.8. The Bertz CT molecular complexity index is 825. The SMILES string of the molecule is O=C(Nc1cccc(C(=O)N2CCCCC2C(=O)O)c1)c1cnccn1. The minimum absolute atomic E-state index is 0.159. The van der Waals surface area contributed by atoms with Gasteiger partial charge in [-0.1, -0.05) is 6.07 Å². The number of aliphatic carboxylic acids is 1. The number of hydrogen-bond donors (Lipinski definition) is 2. The van der Waals surface area contributed by atoms with Gasteiger partial charge in [0.25, 0.3) is 11.8 Å². The van der Waals surface area contributed by atoms with Gasteiger partial charge in [-0.05, 0) is 37.5 Å². The summed E-state index contributed by atoms with van der Waals surface area (Å²) in [4.78, 5) is 45.5. The van der Waals surface area contributed by atoms with Crippen molar-refractivity contribution in [1.29, 1.82) is 0 Å². The third-order valence-electron chi connectivity index (χ3n) is 4.21. The molecular weight excluding hydrogens is 336 g/mol. The molecule has 1 aliphatic rings. The number of carbonyl (C=O) groups is 3. The van der Waals surface area contributed by atoms with Crippen LogP contribution in [0.15, 0.2) is 42.9 Å². The van der Waals surface area contributed by atoms with E-state index >= 15 is 0 Å². The van der Waals surface area contributed by atoms with Gasteiger partial charge in [0, 0.05) is 30.2 Å². The van der Waals surface area contributed by atoms with Crippen LogP contribution in [0.3, 0.4) is 0 Å². The average molecular weight is 354 g/mol. The first-order valence-corrected chi connectivity index (χ1v) is 8.27. The highest BCUT2D eigenvalue weighted by Gasteiger charge is 2.32. The predicted octanol–water partition coefficient (Wildman–Crippen LogP) is 1.81. The molecule has 1 atom stereocenters. The van der Waals surface area contributed by atoms with E-state index in [1.54, 1.807) is 18.2 Å². The Labute approximate surface area is 149 Å². The van der Waals surface area contributed by atoms with Crippen LogP contribution in [0, 0.1) is 0 Å². The number of likely N-dealkylation sites (tertiary alicyclic amines) is 1. The minimum atomic E-state index is -0.995. The number of carboxylic acid groups (broad SMARTS) is 1. The highest BCUT2D eigenvalue weighted by molar-refractivity contribution is 6.04. The molecule has 1 aromatic heterocycles. The van der Waals surface area contributed by atoms with Crippen molar-refractivity contribution in [2.24, 2.45) is 0 Å². The number of benzene rings is 1. The van der Waals surface area contributed by atoms with Crippen molar-refractivity contribution in [3.8, 4) is 0 Å². The molecule has 134 valence electrons. The Hall–Kier alpha value is -3.29. The lowest BCUT2D eigenvalue weighted by Gasteiger charge is -2.33. The lowest BCUT2D eigenvalue weighted by molar-refractivity contribution is -0.143. The Balaban J connectivity index is 1.77. The molecule has 1 aromatic carbocycles. The van der Waals surface area contributed by atoms with Crippen molar-refractivity contribution in [3.63, 3.8) is 0 Å². The van der Waals surface area contributed by atoms with Gasteiger partial charge in [-0.2, -0.15) is 0 Å². The molecule has 26 heavy (non-hydrogen) atoms. The second-order valence-electron chi connectivity index (χ2n) is 5.97. The van der Waals surface area contributed by atoms with Crippen LogP contribution in [0.4, 0.5) is 5.69 Å². The molecule has 2 amide bonds. The zero-order chi connectivity index (χ0) is 18.5. The largest absolute Gasteiger partial charge is 0.480 e. The number of piperidine rings is 1. The van der Waals surface area contributed by atoms with Gasteiger partial charge in [0.2, 0.25) is 0 Å². The summed E-state index contributed by atoms with van der Waals surface area (Å²) < 4.78 is 0. The maximum atomic E-state index is 12.8. The summed E-state index contributed by atoms with van der Waals surface area (Å²) in [6, 6.07) is 5.61. The summed E-state index contributed by atoms with van der Waals surface area (Å²) in [7, 11) is 0. The Kier molecular flexibility index (Phi) is 5.21. The number of amides is 2. The van der Waals surface area contributed by atoms with Crippen molar-refractivity contribution in [1.82, 2.24) is 14.9 Å². The Morgan fingerprint density at radius 1 is 1.19 bits per heavy atom. The predicted molar refractivity (Wildman–Crippen MR) is 92.7 cm³/mol. The van der Waals surface area contributed by atoms with Crippen molar-refractivity contribution >= 4 is 23.5 Å². The normalized spacial score (nSPS) is 16.8. The molecule has 1 aliphatic heterocycles. The maximum Gasteiger partial charge on any atom is 0.326 e. The van der Waals surface area contributed by atoms with Gasteiger partial charge in [-0.3, -0.25) is 14.6 Å². The first kappa shape index (κ1) is 17.5. The molecule has 8 heteroatoms. The number of nitrogens with zero attached hydrogens (tertiary/aromatic N) is 3. The topological polar surface area (TPSA) is 112 Å². The summed E-state index contributed by atoms with van der Waals surface area (Å²) in [6.45, 7) is 0.409. The fraction of sp³-hybridized carbons (Fsp3) is 0.278. The van der Waals surface area contributed by atoms with E-state index in [9.17, 15) is 19.5 Å². The van der Waals surface area contributed by atoms with Crippen LogP contribution in [0.2, 0.25) is 0 Å². The lowest BCUT2D eigenvalue weighted by Crippen LogP contribution is -2.48. The Morgan fingerprint density at radius 3 is 2.77 bits per heavy atom. The fourth-order valence-corrected chi connectivity index (χ4v) is 2.94. The summed E-state index contributed by atoms with van der Waals surface area (Å²) in [5, 5.41) is 12.0. The molecule has 0 bridgehead atoms. The number of carbonyl (C=O) groups excluding carboxylic acids is 2. The molecule has 2 N–H and O–H groups in total. The highest BCUT2D eigenvalue weighted by atomic mass is 16.4. The van der Waals surface area contributed by atoms with Crippen LogP contribution in [0.1, 0.15) is 40.1 Å². The molecule has 3 rings (SSSR count). The average Bonchev–Trinajstić information content (AvgIpc) is 2.68. The standard InChI is InChI=1S/C18H18N4O4/c23-16(14-11-19-7-8-20-14)21-13-5-3-4-12(10-13)17(24)22-9-2-1-6-15(22)18(25)26/h3-5,7-8,10-11,15H,1-2,6,9H2,(H,21,23)(H,25,26). The van der Waals surface area contributed by atoms with E-state index in [4.69, 9.17) is 0 Å². The molecule has 1 fully saturated rings. The van der Waals surface area contributed by atoms with Gasteiger partial charge in [-0.25, -0.2) is 9.78 Å². The number of hydrogen-bond acceptors (Lipinski definition) is 5. The summed E-state index contributed by atoms with van der Waals surface area (Å²) in [5.74, 6) is -1.79. The van der Waals surface area contributed by atoms with Crippen LogP contribution < -0.4 is 5.32 Å². The van der Waals surface area contributed by atoms with Crippen LogP contribution >= 0.6 is 0 Å². The molecule has 0 saturated carbocycles. The number of aromatic nitrogens is 2. The van der Waals surface area contributed by atoms with Crippen LogP contribution in [0.25, 0.3) is 0 Å². The first-order valence-electron chi connectivity index (χ1n) is 8.27. The number of carboxylic acids is 1. The quantitative estimate of drug-likeness (QED) is 0.866. The molecule has 8 nitrogen and oxygen atoms in total. The van der Waals surface area contributed by atoms with Gasteiger partial charge in [-0.15, -0.1) is 0 Å². The van der Waals surface area contributed by atoms with E-state index in [1.165, 1.54) is 29.6 Å². The summed E-state index contributed by atoms with van der Waals surface area (Å²) in [6.07, 6.45) is 6.23. The van der Waals surface area contributed by atoms with E-state index in [-0.39, 0.29) is 11.6 Å². The van der Waals surface area contributed by atoms with E-state index < -0.39 is 17.9 Å². The van der Waals surface area contributed by atoms with Gasteiger partial charge < -0.3 is 15.3 Å². The van der Waals surface area contributed by atoms with Crippen LogP contribution in [0.5, 0.6) is 0 Å². The minimum Gasteiger partial charge on any atom is -0.480 e. The van der Waals surface area contributed by atoms with E-state index in [0.29, 0.717) is 24.2 Å². The highest BCUT2D eigenvalue weighted by Crippen LogP contribution is 2.21. The monoisotopic (exact) mass is 354 g/mol. The second kappa shape index (κ2) is 7.73. The van der Waals surface area contributed by atoms with Crippen molar-refractivity contribution in [2.45, 2.75) is 25.3 Å². The zero-order valence-corrected chi connectivity index (χ0v) is 14.0. The van der Waals surface area contributed by atoms with Crippen LogP contribution in [-0.2, 0) is 4.79 Å². The molecule has 0 aliphatic carbocycles. The number of rotatable bonds is 4. The number of nitrogens with one attached hydrogen (secondary N) is 1. The Morgan fingerprint density at radius 2 is 2.04 bits per heavy atom. The van der Waals surface area contributed by atoms with Gasteiger partial charge >= 0.3 is 5.97 Å². The molecule has 2 heterocycles. The third-order valence-corrected chi connectivity index (χ3v) is 4.21. The van der Waals surface area contributed by atoms with Crippen molar-refractivity contribution in [3.05, 3.63) is 54.1 Å². The molecule has 1 saturated heterocycles. The van der Waals surface area contributed by atoms with E-state index in [2.05, 4.69) is 15.3 Å². The zero-order valence-electron chi connectivity index (χ0n) is 14.0. The molecule has 1 unspecified atom stereocenters. The fourth-order valence-electron chi connectivity index (χ4n) is 2.94.